The highest BCUT2D eigenvalue weighted by Gasteiger charge is 2.14. The van der Waals surface area contributed by atoms with Gasteiger partial charge in [-0.2, -0.15) is 0 Å². The summed E-state index contributed by atoms with van der Waals surface area (Å²) in [6.45, 7) is 4.79. The van der Waals surface area contributed by atoms with Crippen LogP contribution in [0.2, 0.25) is 0 Å². The number of aliphatic hydroxyl groups excluding tert-OH is 1. The second-order valence-corrected chi connectivity index (χ2v) is 5.24. The van der Waals surface area contributed by atoms with Crippen LogP contribution in [0, 0.1) is 5.92 Å². The zero-order valence-corrected chi connectivity index (χ0v) is 10.3. The summed E-state index contributed by atoms with van der Waals surface area (Å²) in [5.41, 5.74) is 0. The van der Waals surface area contributed by atoms with Gasteiger partial charge in [-0.05, 0) is 32.6 Å². The Morgan fingerprint density at radius 2 is 1.87 bits per heavy atom. The summed E-state index contributed by atoms with van der Waals surface area (Å²) < 4.78 is 0. The molecule has 0 aromatic carbocycles. The first-order valence-corrected chi connectivity index (χ1v) is 6.60. The lowest BCUT2D eigenvalue weighted by molar-refractivity contribution is 0.185. The average molecular weight is 213 g/mol. The van der Waals surface area contributed by atoms with E-state index < -0.39 is 0 Å². The molecule has 0 aromatic rings. The molecule has 0 heterocycles. The highest BCUT2D eigenvalue weighted by Crippen LogP contribution is 2.27. The Bertz CT molecular complexity index is 153. The predicted molar refractivity (Wildman–Crippen MR) is 65.0 cm³/mol. The van der Waals surface area contributed by atoms with Crippen molar-refractivity contribution in [1.29, 1.82) is 0 Å². The van der Waals surface area contributed by atoms with Gasteiger partial charge in [0.2, 0.25) is 0 Å². The fourth-order valence-electron chi connectivity index (χ4n) is 2.44. The third-order valence-corrected chi connectivity index (χ3v) is 3.49. The van der Waals surface area contributed by atoms with Crippen molar-refractivity contribution in [3.8, 4) is 0 Å². The quantitative estimate of drug-likeness (QED) is 0.711. The molecule has 0 spiro atoms. The molecule has 2 nitrogen and oxygen atoms in total. The third kappa shape index (κ3) is 6.16. The molecule has 0 radical (unpaired) electrons. The molecular weight excluding hydrogens is 186 g/mol. The lowest BCUT2D eigenvalue weighted by Crippen LogP contribution is -2.32. The predicted octanol–water partition coefficient (Wildman–Crippen LogP) is 2.71. The van der Waals surface area contributed by atoms with Gasteiger partial charge in [0.15, 0.2) is 0 Å². The van der Waals surface area contributed by atoms with E-state index in [0.29, 0.717) is 6.04 Å². The summed E-state index contributed by atoms with van der Waals surface area (Å²) >= 11 is 0. The molecule has 0 saturated heterocycles. The standard InChI is InChI=1S/C13H27NO/c1-11(14-10-12(2)15)8-9-13-6-4-3-5-7-13/h11-15H,3-10H2,1-2H3/t11?,12-/m0/s1. The van der Waals surface area contributed by atoms with E-state index in [0.717, 1.165) is 12.5 Å². The molecule has 1 fully saturated rings. The fourth-order valence-corrected chi connectivity index (χ4v) is 2.44. The minimum Gasteiger partial charge on any atom is -0.392 e. The van der Waals surface area contributed by atoms with Crippen LogP contribution in [-0.2, 0) is 0 Å². The normalized spacial score (nSPS) is 22.6. The zero-order valence-electron chi connectivity index (χ0n) is 10.3. The van der Waals surface area contributed by atoms with Gasteiger partial charge >= 0.3 is 0 Å². The van der Waals surface area contributed by atoms with Crippen molar-refractivity contribution in [1.82, 2.24) is 5.32 Å². The van der Waals surface area contributed by atoms with Crippen molar-refractivity contribution in [2.45, 2.75) is 70.9 Å². The van der Waals surface area contributed by atoms with Gasteiger partial charge in [-0.15, -0.1) is 0 Å². The molecule has 1 unspecified atom stereocenters. The molecule has 1 rings (SSSR count). The number of nitrogens with one attached hydrogen (secondary N) is 1. The Kier molecular flexibility index (Phi) is 6.26. The minimum absolute atomic E-state index is 0.220. The van der Waals surface area contributed by atoms with Crippen molar-refractivity contribution in [3.63, 3.8) is 0 Å². The molecule has 1 saturated carbocycles. The molecule has 2 heteroatoms. The highest BCUT2D eigenvalue weighted by molar-refractivity contribution is 4.69. The molecule has 2 atom stereocenters. The Labute approximate surface area is 94.5 Å². The van der Waals surface area contributed by atoms with Crippen LogP contribution in [0.4, 0.5) is 0 Å². The van der Waals surface area contributed by atoms with Gasteiger partial charge in [0.1, 0.15) is 0 Å². The second kappa shape index (κ2) is 7.24. The Morgan fingerprint density at radius 3 is 2.47 bits per heavy atom. The second-order valence-electron chi connectivity index (χ2n) is 5.24. The Hall–Kier alpha value is -0.0800. The van der Waals surface area contributed by atoms with Crippen LogP contribution >= 0.6 is 0 Å². The number of rotatable bonds is 6. The average Bonchev–Trinajstić information content (AvgIpc) is 2.25. The van der Waals surface area contributed by atoms with E-state index in [9.17, 15) is 0 Å². The van der Waals surface area contributed by atoms with Crippen LogP contribution in [0.1, 0.15) is 58.8 Å². The van der Waals surface area contributed by atoms with Crippen LogP contribution in [-0.4, -0.2) is 23.8 Å². The summed E-state index contributed by atoms with van der Waals surface area (Å²) in [4.78, 5) is 0. The van der Waals surface area contributed by atoms with Crippen LogP contribution in [0.25, 0.3) is 0 Å². The summed E-state index contributed by atoms with van der Waals surface area (Å²) in [6, 6.07) is 0.557. The van der Waals surface area contributed by atoms with Gasteiger partial charge in [-0.1, -0.05) is 32.1 Å². The molecule has 2 N–H and O–H groups in total. The third-order valence-electron chi connectivity index (χ3n) is 3.49. The SMILES string of the molecule is CC(CCC1CCCCC1)NC[C@H](C)O. The fraction of sp³-hybridized carbons (Fsp3) is 1.00. The molecule has 1 aliphatic carbocycles. The molecule has 90 valence electrons. The molecule has 0 bridgehead atoms. The maximum atomic E-state index is 9.16. The van der Waals surface area contributed by atoms with Gasteiger partial charge in [-0.3, -0.25) is 0 Å². The lowest BCUT2D eigenvalue weighted by atomic mass is 9.85. The van der Waals surface area contributed by atoms with E-state index in [4.69, 9.17) is 5.11 Å². The van der Waals surface area contributed by atoms with Crippen LogP contribution in [0.15, 0.2) is 0 Å². The monoisotopic (exact) mass is 213 g/mol. The van der Waals surface area contributed by atoms with Crippen molar-refractivity contribution in [2.24, 2.45) is 5.92 Å². The largest absolute Gasteiger partial charge is 0.392 e. The first-order valence-electron chi connectivity index (χ1n) is 6.60. The maximum absolute atomic E-state index is 9.16. The Balaban J connectivity index is 2.02. The van der Waals surface area contributed by atoms with E-state index in [2.05, 4.69) is 12.2 Å². The Morgan fingerprint density at radius 1 is 1.20 bits per heavy atom. The smallest absolute Gasteiger partial charge is 0.0636 e. The van der Waals surface area contributed by atoms with E-state index in [1.54, 1.807) is 0 Å². The summed E-state index contributed by atoms with van der Waals surface area (Å²) in [7, 11) is 0. The molecule has 15 heavy (non-hydrogen) atoms. The van der Waals surface area contributed by atoms with Gasteiger partial charge in [0, 0.05) is 12.6 Å². The van der Waals surface area contributed by atoms with Crippen molar-refractivity contribution in [2.75, 3.05) is 6.54 Å². The molecule has 0 amide bonds. The van der Waals surface area contributed by atoms with E-state index in [1.807, 2.05) is 6.92 Å². The number of hydrogen-bond donors (Lipinski definition) is 2. The van der Waals surface area contributed by atoms with E-state index in [-0.39, 0.29) is 6.10 Å². The molecule has 1 aliphatic rings. The molecular formula is C13H27NO. The van der Waals surface area contributed by atoms with Crippen molar-refractivity contribution in [3.05, 3.63) is 0 Å². The minimum atomic E-state index is -0.220. The summed E-state index contributed by atoms with van der Waals surface area (Å²) in [5, 5.41) is 12.5. The van der Waals surface area contributed by atoms with Gasteiger partial charge in [0.25, 0.3) is 0 Å². The molecule has 0 aliphatic heterocycles. The van der Waals surface area contributed by atoms with Gasteiger partial charge in [0.05, 0.1) is 6.10 Å². The lowest BCUT2D eigenvalue weighted by Gasteiger charge is -2.23. The van der Waals surface area contributed by atoms with E-state index >= 15 is 0 Å². The first-order chi connectivity index (χ1) is 7.18. The van der Waals surface area contributed by atoms with Crippen LogP contribution in [0.3, 0.4) is 0 Å². The van der Waals surface area contributed by atoms with Gasteiger partial charge in [-0.25, -0.2) is 0 Å². The highest BCUT2D eigenvalue weighted by atomic mass is 16.3. The maximum Gasteiger partial charge on any atom is 0.0636 e. The zero-order chi connectivity index (χ0) is 11.1. The topological polar surface area (TPSA) is 32.3 Å². The van der Waals surface area contributed by atoms with E-state index in [1.165, 1.54) is 44.9 Å². The molecule has 0 aromatic heterocycles. The van der Waals surface area contributed by atoms with Crippen LogP contribution in [0.5, 0.6) is 0 Å². The van der Waals surface area contributed by atoms with Crippen LogP contribution < -0.4 is 5.32 Å². The first kappa shape index (κ1) is 13.0. The van der Waals surface area contributed by atoms with Crippen molar-refractivity contribution >= 4 is 0 Å². The summed E-state index contributed by atoms with van der Waals surface area (Å²) in [5.74, 6) is 0.981. The van der Waals surface area contributed by atoms with Gasteiger partial charge < -0.3 is 10.4 Å². The number of aliphatic hydroxyl groups is 1. The summed E-state index contributed by atoms with van der Waals surface area (Å²) in [6.07, 6.45) is 9.65. The van der Waals surface area contributed by atoms with Crippen molar-refractivity contribution < 1.29 is 5.11 Å². The number of hydrogen-bond acceptors (Lipinski definition) is 2.